The fraction of sp³-hybridized carbons (Fsp3) is 0.364. The number of hydrogen-bond acceptors (Lipinski definition) is 10. The highest BCUT2D eigenvalue weighted by molar-refractivity contribution is 7.91. The van der Waals surface area contributed by atoms with Gasteiger partial charge in [-0.25, -0.2) is 13.2 Å². The molecule has 0 saturated heterocycles. The van der Waals surface area contributed by atoms with E-state index in [4.69, 9.17) is 13.9 Å². The van der Waals surface area contributed by atoms with E-state index in [-0.39, 0.29) is 12.5 Å². The Kier molecular flexibility index (Phi) is 6.98. The Morgan fingerprint density at radius 1 is 1.15 bits per heavy atom. The van der Waals surface area contributed by atoms with Crippen LogP contribution in [0, 0.1) is 0 Å². The molecule has 0 unspecified atom stereocenters. The standard InChI is InChI=1S/C22H23N3O7S2/c1-3-31-21(27)18-15-6-4-5-7-16(15)33-20(18)23-17(26)12-34(28,29)22-25-24-19(32-22)13-8-10-14(30-2)11-9-13/h8-11H,3-7,12H2,1-2H3,(H,23,26). The van der Waals surface area contributed by atoms with Crippen LogP contribution in [-0.4, -0.2) is 50.0 Å². The number of fused-ring (bicyclic) bond motifs is 1. The van der Waals surface area contributed by atoms with E-state index >= 15 is 0 Å². The smallest absolute Gasteiger partial charge is 0.341 e. The van der Waals surface area contributed by atoms with E-state index in [1.807, 2.05) is 0 Å². The van der Waals surface area contributed by atoms with Crippen molar-refractivity contribution in [3.63, 3.8) is 0 Å². The van der Waals surface area contributed by atoms with Crippen LogP contribution in [0.4, 0.5) is 5.00 Å². The molecule has 2 aromatic heterocycles. The number of thiophene rings is 1. The molecule has 1 N–H and O–H groups in total. The van der Waals surface area contributed by atoms with Gasteiger partial charge in [0.15, 0.2) is 0 Å². The summed E-state index contributed by atoms with van der Waals surface area (Å²) in [5.74, 6) is -1.64. The third-order valence-corrected chi connectivity index (χ3v) is 7.78. The molecular weight excluding hydrogens is 482 g/mol. The summed E-state index contributed by atoms with van der Waals surface area (Å²) in [6.07, 6.45) is 3.44. The number of anilines is 1. The highest BCUT2D eigenvalue weighted by Crippen LogP contribution is 2.38. The molecule has 0 spiro atoms. The van der Waals surface area contributed by atoms with Crippen molar-refractivity contribution in [1.29, 1.82) is 0 Å². The predicted octanol–water partition coefficient (Wildman–Crippen LogP) is 3.27. The van der Waals surface area contributed by atoms with Crippen molar-refractivity contribution in [2.75, 3.05) is 24.8 Å². The summed E-state index contributed by atoms with van der Waals surface area (Å²) in [4.78, 5) is 26.2. The highest BCUT2D eigenvalue weighted by atomic mass is 32.2. The maximum Gasteiger partial charge on any atom is 0.341 e. The molecule has 3 aromatic rings. The first-order valence-electron chi connectivity index (χ1n) is 10.6. The number of methoxy groups -OCH3 is 1. The molecule has 0 fully saturated rings. The zero-order valence-corrected chi connectivity index (χ0v) is 20.3. The molecule has 4 rings (SSSR count). The van der Waals surface area contributed by atoms with Crippen LogP contribution in [-0.2, 0) is 32.2 Å². The van der Waals surface area contributed by atoms with Crippen LogP contribution in [0.5, 0.6) is 5.75 Å². The van der Waals surface area contributed by atoms with Gasteiger partial charge in [0.2, 0.25) is 21.6 Å². The summed E-state index contributed by atoms with van der Waals surface area (Å²) >= 11 is 1.28. The lowest BCUT2D eigenvalue weighted by Gasteiger charge is -2.12. The Labute approximate surface area is 200 Å². The van der Waals surface area contributed by atoms with Gasteiger partial charge in [-0.05, 0) is 62.4 Å². The van der Waals surface area contributed by atoms with Gasteiger partial charge in [-0.1, -0.05) is 5.10 Å². The van der Waals surface area contributed by atoms with Gasteiger partial charge in [0.25, 0.3) is 0 Å². The number of benzene rings is 1. The number of ether oxygens (including phenoxy) is 2. The van der Waals surface area contributed by atoms with Crippen LogP contribution in [0.1, 0.15) is 40.6 Å². The monoisotopic (exact) mass is 505 g/mol. The fourth-order valence-electron chi connectivity index (χ4n) is 3.66. The van der Waals surface area contributed by atoms with E-state index in [9.17, 15) is 18.0 Å². The fourth-order valence-corrected chi connectivity index (χ4v) is 5.86. The molecule has 1 amide bonds. The Bertz CT molecular complexity index is 1310. The van der Waals surface area contributed by atoms with Crippen molar-refractivity contribution in [3.05, 3.63) is 40.3 Å². The molecule has 0 saturated carbocycles. The Morgan fingerprint density at radius 2 is 1.88 bits per heavy atom. The number of nitrogens with one attached hydrogen (secondary N) is 1. The molecule has 180 valence electrons. The van der Waals surface area contributed by atoms with Gasteiger partial charge in [-0.15, -0.1) is 16.4 Å². The van der Waals surface area contributed by atoms with Gasteiger partial charge < -0.3 is 19.2 Å². The highest BCUT2D eigenvalue weighted by Gasteiger charge is 2.30. The summed E-state index contributed by atoms with van der Waals surface area (Å²) in [5.41, 5.74) is 1.68. The van der Waals surface area contributed by atoms with Crippen molar-refractivity contribution in [2.24, 2.45) is 0 Å². The molecule has 0 aliphatic heterocycles. The predicted molar refractivity (Wildman–Crippen MR) is 124 cm³/mol. The molecule has 34 heavy (non-hydrogen) atoms. The van der Waals surface area contributed by atoms with Gasteiger partial charge >= 0.3 is 11.2 Å². The minimum atomic E-state index is -4.21. The summed E-state index contributed by atoms with van der Waals surface area (Å²) in [7, 11) is -2.69. The Balaban J connectivity index is 1.51. The zero-order chi connectivity index (χ0) is 24.3. The summed E-state index contributed by atoms with van der Waals surface area (Å²) < 4.78 is 41.0. The third kappa shape index (κ3) is 4.97. The van der Waals surface area contributed by atoms with Gasteiger partial charge in [0.1, 0.15) is 16.5 Å². The summed E-state index contributed by atoms with van der Waals surface area (Å²) in [5, 5.41) is 9.59. The SMILES string of the molecule is CCOC(=O)c1c(NC(=O)CS(=O)(=O)c2nnc(-c3ccc(OC)cc3)o2)sc2c1CCCC2. The van der Waals surface area contributed by atoms with Crippen LogP contribution in [0.15, 0.2) is 33.9 Å². The molecule has 2 heterocycles. The molecule has 0 radical (unpaired) electrons. The van der Waals surface area contributed by atoms with Gasteiger partial charge in [0.05, 0.1) is 19.3 Å². The van der Waals surface area contributed by atoms with Gasteiger partial charge in [-0.2, -0.15) is 0 Å². The molecule has 0 bridgehead atoms. The second kappa shape index (κ2) is 9.94. The van der Waals surface area contributed by atoms with Crippen LogP contribution in [0.3, 0.4) is 0 Å². The second-order valence-corrected chi connectivity index (χ2v) is 10.5. The summed E-state index contributed by atoms with van der Waals surface area (Å²) in [6.45, 7) is 1.89. The van der Waals surface area contributed by atoms with Gasteiger partial charge in [0, 0.05) is 10.4 Å². The normalized spacial score (nSPS) is 13.2. The van der Waals surface area contributed by atoms with E-state index in [0.29, 0.717) is 28.3 Å². The molecular formula is C22H23N3O7S2. The first-order chi connectivity index (χ1) is 16.3. The first-order valence-corrected chi connectivity index (χ1v) is 13.1. The van der Waals surface area contributed by atoms with E-state index in [0.717, 1.165) is 29.7 Å². The van der Waals surface area contributed by atoms with Crippen molar-refractivity contribution >= 4 is 38.1 Å². The van der Waals surface area contributed by atoms with Crippen LogP contribution < -0.4 is 10.1 Å². The Morgan fingerprint density at radius 3 is 2.59 bits per heavy atom. The Hall–Kier alpha value is -3.25. The topological polar surface area (TPSA) is 138 Å². The number of carbonyl (C=O) groups is 2. The molecule has 1 aromatic carbocycles. The maximum absolute atomic E-state index is 12.7. The number of aryl methyl sites for hydroxylation is 1. The lowest BCUT2D eigenvalue weighted by Crippen LogP contribution is -2.24. The molecule has 0 atom stereocenters. The zero-order valence-electron chi connectivity index (χ0n) is 18.6. The number of sulfone groups is 1. The minimum Gasteiger partial charge on any atom is -0.497 e. The lowest BCUT2D eigenvalue weighted by molar-refractivity contribution is -0.113. The number of hydrogen-bond donors (Lipinski definition) is 1. The van der Waals surface area contributed by atoms with E-state index in [2.05, 4.69) is 15.5 Å². The molecule has 1 aliphatic rings. The first kappa shape index (κ1) is 23.9. The second-order valence-electron chi connectivity index (χ2n) is 7.54. The van der Waals surface area contributed by atoms with Crippen molar-refractivity contribution in [3.8, 4) is 17.2 Å². The molecule has 10 nitrogen and oxygen atoms in total. The van der Waals surface area contributed by atoms with Crippen LogP contribution in [0.2, 0.25) is 0 Å². The largest absolute Gasteiger partial charge is 0.497 e. The number of esters is 1. The molecule has 1 aliphatic carbocycles. The lowest BCUT2D eigenvalue weighted by atomic mass is 9.95. The van der Waals surface area contributed by atoms with Crippen LogP contribution in [0.25, 0.3) is 11.5 Å². The average Bonchev–Trinajstić information content (AvgIpc) is 3.44. The van der Waals surface area contributed by atoms with Crippen molar-refractivity contribution in [2.45, 2.75) is 37.8 Å². The number of aromatic nitrogens is 2. The number of amides is 1. The number of rotatable bonds is 8. The maximum atomic E-state index is 12.7. The average molecular weight is 506 g/mol. The third-order valence-electron chi connectivity index (χ3n) is 5.23. The van der Waals surface area contributed by atoms with Crippen molar-refractivity contribution in [1.82, 2.24) is 10.2 Å². The molecule has 12 heteroatoms. The van der Waals surface area contributed by atoms with E-state index in [1.165, 1.54) is 18.4 Å². The van der Waals surface area contributed by atoms with E-state index < -0.39 is 32.7 Å². The van der Waals surface area contributed by atoms with E-state index in [1.54, 1.807) is 31.2 Å². The summed E-state index contributed by atoms with van der Waals surface area (Å²) in [6, 6.07) is 6.63. The minimum absolute atomic E-state index is 0.00262. The van der Waals surface area contributed by atoms with Crippen molar-refractivity contribution < 1.29 is 31.9 Å². The quantitative estimate of drug-likeness (QED) is 0.457. The number of carbonyl (C=O) groups excluding carboxylic acids is 2. The van der Waals surface area contributed by atoms with Crippen LogP contribution >= 0.6 is 11.3 Å². The van der Waals surface area contributed by atoms with Gasteiger partial charge in [-0.3, -0.25) is 4.79 Å². The number of nitrogens with zero attached hydrogens (tertiary/aromatic N) is 2.